The molecule has 7 nitrogen and oxygen atoms in total. The molecule has 5 aromatic rings. The van der Waals surface area contributed by atoms with Crippen LogP contribution in [0.4, 0.5) is 0 Å². The van der Waals surface area contributed by atoms with Crippen LogP contribution in [0.5, 0.6) is 0 Å². The predicted molar refractivity (Wildman–Crippen MR) is 120 cm³/mol. The molecule has 0 aliphatic rings. The Morgan fingerprint density at radius 3 is 2.28 bits per heavy atom. The number of primary amides is 1. The molecule has 2 aromatic heterocycles. The van der Waals surface area contributed by atoms with E-state index < -0.39 is 11.5 Å². The molecule has 158 valence electrons. The van der Waals surface area contributed by atoms with Gasteiger partial charge in [-0.3, -0.25) is 4.79 Å². The maximum atomic E-state index is 12.3. The van der Waals surface area contributed by atoms with Gasteiger partial charge in [0.05, 0.1) is 11.2 Å². The van der Waals surface area contributed by atoms with Crippen LogP contribution < -0.4 is 5.73 Å². The smallest absolute Gasteiger partial charge is 0.258 e. The zero-order chi connectivity index (χ0) is 22.3. The molecule has 32 heavy (non-hydrogen) atoms. The third-order valence-electron chi connectivity index (χ3n) is 5.56. The lowest BCUT2D eigenvalue weighted by molar-refractivity contribution is -0.133. The topological polar surface area (TPSA) is 107 Å². The molecule has 2 heterocycles. The number of rotatable bonds is 5. The normalized spacial score (nSPS) is 13.2. The molecule has 0 radical (unpaired) electrons. The number of nitrogens with two attached hydrogens (primary N) is 1. The molecule has 7 heteroatoms. The summed E-state index contributed by atoms with van der Waals surface area (Å²) in [5.74, 6) is 0.105. The molecule has 1 atom stereocenters. The highest BCUT2D eigenvalue weighted by atomic mass is 16.5. The molecule has 3 N–H and O–H groups in total. The number of nitrogens with zero attached hydrogens (tertiary/aromatic N) is 3. The molecular weight excluding hydrogens is 404 g/mol. The highest BCUT2D eigenvalue weighted by molar-refractivity contribution is 5.89. The lowest BCUT2D eigenvalue weighted by Gasteiger charge is -2.26. The zero-order valence-corrected chi connectivity index (χ0v) is 17.3. The Kier molecular flexibility index (Phi) is 4.61. The van der Waals surface area contributed by atoms with Crippen LogP contribution in [0.25, 0.3) is 28.1 Å². The van der Waals surface area contributed by atoms with Gasteiger partial charge in [0, 0.05) is 18.0 Å². The molecule has 0 bridgehead atoms. The SMILES string of the molecule is Cc1nc(-c2cc3ccccc3n2-c2ccc(C(O)(C(N)=O)c3ccccc3)cc2)no1. The number of aryl methyl sites for hydroxylation is 1. The van der Waals surface area contributed by atoms with Gasteiger partial charge in [-0.15, -0.1) is 0 Å². The summed E-state index contributed by atoms with van der Waals surface area (Å²) in [7, 11) is 0. The summed E-state index contributed by atoms with van der Waals surface area (Å²) < 4.78 is 7.20. The molecule has 0 spiro atoms. The van der Waals surface area contributed by atoms with E-state index in [0.717, 1.165) is 22.3 Å². The van der Waals surface area contributed by atoms with E-state index in [1.54, 1.807) is 43.3 Å². The van der Waals surface area contributed by atoms with Crippen molar-refractivity contribution in [2.45, 2.75) is 12.5 Å². The summed E-state index contributed by atoms with van der Waals surface area (Å²) in [6.07, 6.45) is 0. The van der Waals surface area contributed by atoms with Gasteiger partial charge in [-0.05, 0) is 35.4 Å². The van der Waals surface area contributed by atoms with Crippen LogP contribution in [0.3, 0.4) is 0 Å². The van der Waals surface area contributed by atoms with Gasteiger partial charge >= 0.3 is 0 Å². The first kappa shape index (κ1) is 19.7. The number of hydrogen-bond donors (Lipinski definition) is 2. The van der Waals surface area contributed by atoms with Gasteiger partial charge in [-0.1, -0.05) is 65.8 Å². The van der Waals surface area contributed by atoms with E-state index in [0.29, 0.717) is 22.8 Å². The first-order chi connectivity index (χ1) is 15.5. The molecular formula is C25H20N4O3. The lowest BCUT2D eigenvalue weighted by atomic mass is 9.85. The van der Waals surface area contributed by atoms with Gasteiger partial charge in [0.1, 0.15) is 0 Å². The Morgan fingerprint density at radius 1 is 0.969 bits per heavy atom. The number of carbonyl (C=O) groups excluding carboxylic acids is 1. The van der Waals surface area contributed by atoms with Crippen molar-refractivity contribution in [3.63, 3.8) is 0 Å². The minimum absolute atomic E-state index is 0.383. The molecule has 0 aliphatic carbocycles. The van der Waals surface area contributed by atoms with Gasteiger partial charge in [-0.2, -0.15) is 4.98 Å². The maximum absolute atomic E-state index is 12.3. The summed E-state index contributed by atoms with van der Waals surface area (Å²) in [5, 5.41) is 16.3. The highest BCUT2D eigenvalue weighted by Crippen LogP contribution is 2.33. The summed E-state index contributed by atoms with van der Waals surface area (Å²) in [5.41, 5.74) is 7.02. The Hall–Kier alpha value is -4.23. The number of hydrogen-bond acceptors (Lipinski definition) is 5. The van der Waals surface area contributed by atoms with Gasteiger partial charge in [0.15, 0.2) is 5.60 Å². The molecule has 0 saturated heterocycles. The van der Waals surface area contributed by atoms with E-state index in [1.807, 2.05) is 53.1 Å². The van der Waals surface area contributed by atoms with Crippen molar-refractivity contribution >= 4 is 16.8 Å². The molecule has 1 amide bonds. The van der Waals surface area contributed by atoms with Crippen molar-refractivity contribution in [3.05, 3.63) is 102 Å². The van der Waals surface area contributed by atoms with E-state index in [-0.39, 0.29) is 0 Å². The number of carbonyl (C=O) groups is 1. The fraction of sp³-hybridized carbons (Fsp3) is 0.0800. The quantitative estimate of drug-likeness (QED) is 0.447. The van der Waals surface area contributed by atoms with Crippen LogP contribution in [0.1, 0.15) is 17.0 Å². The monoisotopic (exact) mass is 424 g/mol. The largest absolute Gasteiger partial charge is 0.372 e. The van der Waals surface area contributed by atoms with Crippen LogP contribution in [0.15, 0.2) is 89.5 Å². The van der Waals surface area contributed by atoms with Crippen molar-refractivity contribution in [3.8, 4) is 17.2 Å². The van der Waals surface area contributed by atoms with Crippen molar-refractivity contribution < 1.29 is 14.4 Å². The van der Waals surface area contributed by atoms with Crippen LogP contribution in [-0.2, 0) is 10.4 Å². The summed E-state index contributed by atoms with van der Waals surface area (Å²) in [6, 6.07) is 25.7. The standard InChI is InChI=1S/C25H20N4O3/c1-16-27-23(28-32-16)22-15-17-7-5-6-10-21(17)29(22)20-13-11-19(12-14-20)25(31,24(26)30)18-8-3-2-4-9-18/h2-15,31H,1H3,(H2,26,30). The molecule has 5 rings (SSSR count). The van der Waals surface area contributed by atoms with E-state index in [9.17, 15) is 9.90 Å². The summed E-state index contributed by atoms with van der Waals surface area (Å²) >= 11 is 0. The molecule has 3 aromatic carbocycles. The Bertz CT molecular complexity index is 1420. The summed E-state index contributed by atoms with van der Waals surface area (Å²) in [6.45, 7) is 1.74. The number of para-hydroxylation sites is 1. The fourth-order valence-corrected chi connectivity index (χ4v) is 3.98. The zero-order valence-electron chi connectivity index (χ0n) is 17.3. The van der Waals surface area contributed by atoms with E-state index in [2.05, 4.69) is 10.1 Å². The van der Waals surface area contributed by atoms with Crippen LogP contribution in [0, 0.1) is 6.92 Å². The predicted octanol–water partition coefficient (Wildman–Crippen LogP) is 3.71. The Morgan fingerprint density at radius 2 is 1.62 bits per heavy atom. The second-order valence-corrected chi connectivity index (χ2v) is 7.55. The number of benzene rings is 3. The number of amides is 1. The van der Waals surface area contributed by atoms with E-state index in [1.165, 1.54) is 0 Å². The average Bonchev–Trinajstić information content (AvgIpc) is 3.42. The number of aromatic nitrogens is 3. The van der Waals surface area contributed by atoms with Crippen molar-refractivity contribution in [2.75, 3.05) is 0 Å². The number of aliphatic hydroxyl groups is 1. The minimum Gasteiger partial charge on any atom is -0.372 e. The second kappa shape index (κ2) is 7.47. The van der Waals surface area contributed by atoms with Gasteiger partial charge in [-0.25, -0.2) is 0 Å². The number of fused-ring (bicyclic) bond motifs is 1. The van der Waals surface area contributed by atoms with Crippen LogP contribution >= 0.6 is 0 Å². The van der Waals surface area contributed by atoms with Crippen molar-refractivity contribution in [1.29, 1.82) is 0 Å². The van der Waals surface area contributed by atoms with Gasteiger partial charge in [0.2, 0.25) is 11.7 Å². The van der Waals surface area contributed by atoms with Gasteiger partial charge < -0.3 is 19.9 Å². The Balaban J connectivity index is 1.66. The van der Waals surface area contributed by atoms with Crippen molar-refractivity contribution in [2.24, 2.45) is 5.73 Å². The molecule has 0 saturated carbocycles. The molecule has 1 unspecified atom stereocenters. The maximum Gasteiger partial charge on any atom is 0.258 e. The first-order valence-corrected chi connectivity index (χ1v) is 10.1. The first-order valence-electron chi connectivity index (χ1n) is 10.1. The second-order valence-electron chi connectivity index (χ2n) is 7.55. The third-order valence-corrected chi connectivity index (χ3v) is 5.56. The lowest BCUT2D eigenvalue weighted by Crippen LogP contribution is -2.42. The van der Waals surface area contributed by atoms with Crippen LogP contribution in [0.2, 0.25) is 0 Å². The highest BCUT2D eigenvalue weighted by Gasteiger charge is 2.38. The third kappa shape index (κ3) is 3.07. The summed E-state index contributed by atoms with van der Waals surface area (Å²) in [4.78, 5) is 16.7. The minimum atomic E-state index is -1.94. The van der Waals surface area contributed by atoms with Crippen LogP contribution in [-0.4, -0.2) is 25.7 Å². The molecule has 0 fully saturated rings. The average molecular weight is 424 g/mol. The van der Waals surface area contributed by atoms with E-state index >= 15 is 0 Å². The Labute approximate surface area is 183 Å². The van der Waals surface area contributed by atoms with E-state index in [4.69, 9.17) is 10.3 Å². The molecule has 0 aliphatic heterocycles. The fourth-order valence-electron chi connectivity index (χ4n) is 3.98. The van der Waals surface area contributed by atoms with Crippen molar-refractivity contribution in [1.82, 2.24) is 14.7 Å². The van der Waals surface area contributed by atoms with Gasteiger partial charge in [0.25, 0.3) is 5.91 Å².